The number of nitro groups is 2. The zero-order chi connectivity index (χ0) is 28.2. The van der Waals surface area contributed by atoms with Crippen LogP contribution in [0, 0.1) is 25.6 Å². The molecule has 8 nitrogen and oxygen atoms in total. The van der Waals surface area contributed by atoms with Crippen LogP contribution in [0.15, 0.2) is 84.0 Å². The van der Waals surface area contributed by atoms with Gasteiger partial charge < -0.3 is 0 Å². The SMILES string of the molecule is C[C@@]1(C/C=N/Nc2ccc([N+](=O)[O-])cc2[N+](=O)[O-])CSC(c2ccc(C(F)(F)F)cc2)=C[C@@H]1c1ccccc1. The van der Waals surface area contributed by atoms with Gasteiger partial charge in [-0.2, -0.15) is 18.3 Å². The van der Waals surface area contributed by atoms with Crippen LogP contribution in [-0.2, 0) is 6.18 Å². The number of hydrogen-bond donors (Lipinski definition) is 1. The number of rotatable bonds is 8. The minimum Gasteiger partial charge on any atom is -0.272 e. The molecule has 3 aromatic rings. The molecule has 0 fully saturated rings. The highest BCUT2D eigenvalue weighted by molar-refractivity contribution is 8.08. The van der Waals surface area contributed by atoms with Crippen molar-refractivity contribution in [2.45, 2.75) is 25.4 Å². The standard InChI is InChI=1S/C27H23F3N4O4S/c1-26(13-14-31-32-23-12-11-21(33(35)36)15-24(23)34(37)38)17-39-25(16-22(26)18-5-3-2-4-6-18)19-7-9-20(10-8-19)27(28,29)30/h2-12,14-16,22,32H,13,17H2,1H3/b31-14+/t22-,26-/m1/s1. The summed E-state index contributed by atoms with van der Waals surface area (Å²) in [4.78, 5) is 21.8. The molecular formula is C27H23F3N4O4S. The Bertz CT molecular complexity index is 1430. The highest BCUT2D eigenvalue weighted by Crippen LogP contribution is 2.50. The summed E-state index contributed by atoms with van der Waals surface area (Å²) in [5.41, 5.74) is 2.48. The zero-order valence-corrected chi connectivity index (χ0v) is 21.4. The van der Waals surface area contributed by atoms with E-state index in [4.69, 9.17) is 0 Å². The summed E-state index contributed by atoms with van der Waals surface area (Å²) >= 11 is 1.54. The number of benzene rings is 3. The molecule has 3 aromatic carbocycles. The van der Waals surface area contributed by atoms with E-state index in [0.29, 0.717) is 17.7 Å². The summed E-state index contributed by atoms with van der Waals surface area (Å²) in [7, 11) is 0. The van der Waals surface area contributed by atoms with Gasteiger partial charge in [-0.05, 0) is 41.2 Å². The molecule has 0 saturated carbocycles. The predicted octanol–water partition coefficient (Wildman–Crippen LogP) is 7.89. The van der Waals surface area contributed by atoms with E-state index in [1.807, 2.05) is 30.3 Å². The van der Waals surface area contributed by atoms with Crippen LogP contribution in [-0.4, -0.2) is 21.8 Å². The van der Waals surface area contributed by atoms with Gasteiger partial charge in [0.2, 0.25) is 0 Å². The Kier molecular flexibility index (Phi) is 8.05. The Labute approximate surface area is 225 Å². The number of anilines is 1. The number of hydrogen-bond acceptors (Lipinski definition) is 7. The normalized spacial score (nSPS) is 19.5. The molecule has 12 heteroatoms. The minimum atomic E-state index is -4.40. The Hall–Kier alpha value is -4.19. The number of alkyl halides is 3. The van der Waals surface area contributed by atoms with Crippen molar-refractivity contribution >= 4 is 39.9 Å². The number of nitrogens with zero attached hydrogens (tertiary/aromatic N) is 3. The number of hydrazone groups is 1. The molecule has 0 spiro atoms. The second-order valence-corrected chi connectivity index (χ2v) is 10.3. The Balaban J connectivity index is 1.57. The van der Waals surface area contributed by atoms with Gasteiger partial charge in [-0.3, -0.25) is 25.7 Å². The molecule has 0 bridgehead atoms. The Morgan fingerprint density at radius 2 is 1.74 bits per heavy atom. The topological polar surface area (TPSA) is 111 Å². The van der Waals surface area contributed by atoms with E-state index in [-0.39, 0.29) is 17.0 Å². The van der Waals surface area contributed by atoms with Crippen LogP contribution in [0.25, 0.3) is 4.91 Å². The third-order valence-corrected chi connectivity index (χ3v) is 7.99. The summed E-state index contributed by atoms with van der Waals surface area (Å²) in [6.07, 6.45) is -0.253. The summed E-state index contributed by atoms with van der Waals surface area (Å²) < 4.78 is 39.0. The van der Waals surface area contributed by atoms with Gasteiger partial charge in [0, 0.05) is 28.9 Å². The predicted molar refractivity (Wildman–Crippen MR) is 146 cm³/mol. The van der Waals surface area contributed by atoms with E-state index >= 15 is 0 Å². The number of allylic oxidation sites excluding steroid dienone is 1. The monoisotopic (exact) mass is 556 g/mol. The smallest absolute Gasteiger partial charge is 0.272 e. The van der Waals surface area contributed by atoms with Crippen molar-refractivity contribution < 1.29 is 23.0 Å². The minimum absolute atomic E-state index is 0.0223. The lowest BCUT2D eigenvalue weighted by Crippen LogP contribution is -2.30. The van der Waals surface area contributed by atoms with Gasteiger partial charge in [0.1, 0.15) is 5.69 Å². The molecule has 202 valence electrons. The van der Waals surface area contributed by atoms with Crippen LogP contribution in [0.5, 0.6) is 0 Å². The quantitative estimate of drug-likeness (QED) is 0.172. The molecule has 0 unspecified atom stereocenters. The fraction of sp³-hybridized carbons (Fsp3) is 0.222. The summed E-state index contributed by atoms with van der Waals surface area (Å²) in [6.45, 7) is 2.08. The fourth-order valence-corrected chi connectivity index (χ4v) is 5.65. The van der Waals surface area contributed by atoms with E-state index in [1.54, 1.807) is 18.0 Å². The van der Waals surface area contributed by atoms with Crippen LogP contribution >= 0.6 is 11.8 Å². The number of halogens is 3. The highest BCUT2D eigenvalue weighted by Gasteiger charge is 2.37. The van der Waals surface area contributed by atoms with Gasteiger partial charge in [-0.1, -0.05) is 55.5 Å². The third-order valence-electron chi connectivity index (χ3n) is 6.50. The summed E-state index contributed by atoms with van der Waals surface area (Å²) in [6, 6.07) is 18.1. The van der Waals surface area contributed by atoms with Gasteiger partial charge in [-0.15, -0.1) is 11.8 Å². The van der Waals surface area contributed by atoms with Crippen LogP contribution in [0.3, 0.4) is 0 Å². The van der Waals surface area contributed by atoms with E-state index in [1.165, 1.54) is 18.2 Å². The second kappa shape index (κ2) is 11.3. The average Bonchev–Trinajstić information content (AvgIpc) is 2.91. The highest BCUT2D eigenvalue weighted by atomic mass is 32.2. The number of nitrogens with one attached hydrogen (secondary N) is 1. The summed E-state index contributed by atoms with van der Waals surface area (Å²) in [5.74, 6) is 0.556. The van der Waals surface area contributed by atoms with Gasteiger partial charge in [0.05, 0.1) is 21.5 Å². The first kappa shape index (κ1) is 27.8. The van der Waals surface area contributed by atoms with Crippen LogP contribution in [0.2, 0.25) is 0 Å². The fourth-order valence-electron chi connectivity index (χ4n) is 4.33. The second-order valence-electron chi connectivity index (χ2n) is 9.28. The number of nitro benzene ring substituents is 2. The van der Waals surface area contributed by atoms with Crippen molar-refractivity contribution in [3.05, 3.63) is 116 Å². The molecule has 0 radical (unpaired) electrons. The zero-order valence-electron chi connectivity index (χ0n) is 20.6. The maximum atomic E-state index is 13.0. The van der Waals surface area contributed by atoms with Gasteiger partial charge >= 0.3 is 11.9 Å². The lowest BCUT2D eigenvalue weighted by molar-refractivity contribution is -0.393. The van der Waals surface area contributed by atoms with Crippen molar-refractivity contribution in [1.82, 2.24) is 0 Å². The molecule has 2 atom stereocenters. The first-order valence-electron chi connectivity index (χ1n) is 11.8. The lowest BCUT2D eigenvalue weighted by Gasteiger charge is -2.39. The molecule has 1 N–H and O–H groups in total. The molecule has 0 aromatic heterocycles. The van der Waals surface area contributed by atoms with Gasteiger partial charge in [0.25, 0.3) is 5.69 Å². The maximum Gasteiger partial charge on any atom is 0.416 e. The molecule has 4 rings (SSSR count). The first-order valence-corrected chi connectivity index (χ1v) is 12.7. The van der Waals surface area contributed by atoms with E-state index in [9.17, 15) is 33.4 Å². The largest absolute Gasteiger partial charge is 0.416 e. The number of thioether (sulfide) groups is 1. The molecule has 1 aliphatic rings. The van der Waals surface area contributed by atoms with Gasteiger partial charge in [-0.25, -0.2) is 0 Å². The van der Waals surface area contributed by atoms with Crippen LogP contribution in [0.4, 0.5) is 30.2 Å². The molecule has 0 aliphatic carbocycles. The van der Waals surface area contributed by atoms with E-state index in [2.05, 4.69) is 23.5 Å². The van der Waals surface area contributed by atoms with Crippen molar-refractivity contribution in [3.8, 4) is 0 Å². The third kappa shape index (κ3) is 6.45. The maximum absolute atomic E-state index is 13.0. The lowest BCUT2D eigenvalue weighted by atomic mass is 9.72. The van der Waals surface area contributed by atoms with Crippen molar-refractivity contribution in [1.29, 1.82) is 0 Å². The van der Waals surface area contributed by atoms with Gasteiger partial charge in [0.15, 0.2) is 0 Å². The molecule has 39 heavy (non-hydrogen) atoms. The average molecular weight is 557 g/mol. The molecule has 1 aliphatic heterocycles. The Morgan fingerprint density at radius 3 is 2.36 bits per heavy atom. The molecule has 1 heterocycles. The molecule has 0 amide bonds. The van der Waals surface area contributed by atoms with Crippen molar-refractivity contribution in [2.24, 2.45) is 10.5 Å². The molecular weight excluding hydrogens is 533 g/mol. The van der Waals surface area contributed by atoms with E-state index < -0.39 is 33.0 Å². The Morgan fingerprint density at radius 1 is 1.05 bits per heavy atom. The van der Waals surface area contributed by atoms with Crippen molar-refractivity contribution in [3.63, 3.8) is 0 Å². The number of non-ortho nitro benzene ring substituents is 1. The summed E-state index contributed by atoms with van der Waals surface area (Å²) in [5, 5.41) is 26.5. The molecule has 0 saturated heterocycles. The van der Waals surface area contributed by atoms with Crippen molar-refractivity contribution in [2.75, 3.05) is 11.2 Å². The van der Waals surface area contributed by atoms with Crippen LogP contribution in [0.1, 0.15) is 36.0 Å². The first-order chi connectivity index (χ1) is 18.5. The van der Waals surface area contributed by atoms with Crippen LogP contribution < -0.4 is 5.43 Å². The van der Waals surface area contributed by atoms with E-state index in [0.717, 1.165) is 34.7 Å².